The SMILES string of the molecule is CC(C)C[C@H](N)C(=O)NC(C)(C)C(=O)N[C@@H](Cc1ccccc1)C(=O)N[C@@H](Cc1ccccc1)C(=O)N[C@@H](CC(=O)O)C(=O)O. The molecule has 0 aliphatic heterocycles. The van der Waals surface area contributed by atoms with Crippen LogP contribution in [0.1, 0.15) is 51.7 Å². The van der Waals surface area contributed by atoms with Crippen molar-refractivity contribution in [3.05, 3.63) is 71.8 Å². The molecule has 0 bridgehead atoms. The van der Waals surface area contributed by atoms with E-state index in [1.807, 2.05) is 13.8 Å². The Kier molecular flexibility index (Phi) is 13.7. The van der Waals surface area contributed by atoms with Gasteiger partial charge in [-0.2, -0.15) is 0 Å². The highest BCUT2D eigenvalue weighted by atomic mass is 16.4. The molecule has 0 saturated heterocycles. The van der Waals surface area contributed by atoms with Gasteiger partial charge in [0.25, 0.3) is 0 Å². The van der Waals surface area contributed by atoms with Gasteiger partial charge in [0.05, 0.1) is 12.5 Å². The van der Waals surface area contributed by atoms with Crippen LogP contribution in [0, 0.1) is 5.92 Å². The minimum atomic E-state index is -1.74. The van der Waals surface area contributed by atoms with Gasteiger partial charge in [-0.25, -0.2) is 4.79 Å². The van der Waals surface area contributed by atoms with Crippen molar-refractivity contribution in [2.75, 3.05) is 0 Å². The van der Waals surface area contributed by atoms with Gasteiger partial charge in [-0.15, -0.1) is 0 Å². The van der Waals surface area contributed by atoms with Crippen molar-refractivity contribution in [2.24, 2.45) is 11.7 Å². The summed E-state index contributed by atoms with van der Waals surface area (Å²) in [6, 6.07) is 12.3. The molecule has 0 unspecified atom stereocenters. The van der Waals surface area contributed by atoms with Gasteiger partial charge in [-0.05, 0) is 37.3 Å². The van der Waals surface area contributed by atoms with E-state index in [1.165, 1.54) is 13.8 Å². The van der Waals surface area contributed by atoms with Gasteiger partial charge >= 0.3 is 11.9 Å². The topological polar surface area (TPSA) is 217 Å². The second-order valence-electron chi connectivity index (χ2n) is 11.8. The lowest BCUT2D eigenvalue weighted by Crippen LogP contribution is -2.62. The number of rotatable bonds is 17. The van der Waals surface area contributed by atoms with Crippen molar-refractivity contribution in [3.8, 4) is 0 Å². The Hall–Kier alpha value is -4.78. The third kappa shape index (κ3) is 12.4. The molecule has 2 aromatic rings. The zero-order valence-electron chi connectivity index (χ0n) is 25.9. The van der Waals surface area contributed by atoms with Crippen LogP contribution < -0.4 is 27.0 Å². The van der Waals surface area contributed by atoms with Crippen LogP contribution in [0.25, 0.3) is 0 Å². The summed E-state index contributed by atoms with van der Waals surface area (Å²) in [4.78, 5) is 75.9. The lowest BCUT2D eigenvalue weighted by Gasteiger charge is -2.30. The van der Waals surface area contributed by atoms with Crippen molar-refractivity contribution in [3.63, 3.8) is 0 Å². The molecule has 2 rings (SSSR count). The lowest BCUT2D eigenvalue weighted by atomic mass is 9.98. The number of amides is 4. The molecule has 0 fully saturated rings. The normalized spacial score (nSPS) is 13.9. The van der Waals surface area contributed by atoms with E-state index in [4.69, 9.17) is 10.8 Å². The predicted octanol–water partition coefficient (Wildman–Crippen LogP) is 0.754. The Bertz CT molecular complexity index is 1330. The molecule has 0 aliphatic carbocycles. The monoisotopic (exact) mass is 625 g/mol. The fourth-order valence-electron chi connectivity index (χ4n) is 4.45. The highest BCUT2D eigenvalue weighted by Gasteiger charge is 2.36. The summed E-state index contributed by atoms with van der Waals surface area (Å²) < 4.78 is 0. The van der Waals surface area contributed by atoms with Crippen LogP contribution in [-0.4, -0.2) is 75.5 Å². The van der Waals surface area contributed by atoms with E-state index in [9.17, 15) is 33.9 Å². The van der Waals surface area contributed by atoms with E-state index < -0.39 is 71.7 Å². The van der Waals surface area contributed by atoms with Crippen molar-refractivity contribution >= 4 is 35.6 Å². The van der Waals surface area contributed by atoms with Crippen LogP contribution in [0.5, 0.6) is 0 Å². The first-order valence-corrected chi connectivity index (χ1v) is 14.6. The number of benzene rings is 2. The molecule has 4 atom stereocenters. The van der Waals surface area contributed by atoms with Crippen LogP contribution in [0.2, 0.25) is 0 Å². The van der Waals surface area contributed by atoms with Crippen LogP contribution >= 0.6 is 0 Å². The summed E-state index contributed by atoms with van der Waals surface area (Å²) in [5.41, 5.74) is 5.85. The smallest absolute Gasteiger partial charge is 0.326 e. The molecule has 13 nitrogen and oxygen atoms in total. The van der Waals surface area contributed by atoms with E-state index in [0.717, 1.165) is 0 Å². The maximum absolute atomic E-state index is 13.7. The fourth-order valence-corrected chi connectivity index (χ4v) is 4.45. The second kappa shape index (κ2) is 16.9. The molecular formula is C32H43N5O8. The number of hydrogen-bond acceptors (Lipinski definition) is 7. The third-order valence-electron chi connectivity index (χ3n) is 6.88. The zero-order chi connectivity index (χ0) is 33.7. The number of carbonyl (C=O) groups excluding carboxylic acids is 4. The van der Waals surface area contributed by atoms with Gasteiger partial charge < -0.3 is 37.2 Å². The number of aliphatic carboxylic acids is 2. The van der Waals surface area contributed by atoms with E-state index >= 15 is 0 Å². The summed E-state index contributed by atoms with van der Waals surface area (Å²) in [5.74, 6) is -5.72. The highest BCUT2D eigenvalue weighted by Crippen LogP contribution is 2.11. The Morgan fingerprint density at radius 1 is 0.711 bits per heavy atom. The zero-order valence-corrected chi connectivity index (χ0v) is 25.9. The largest absolute Gasteiger partial charge is 0.481 e. The Morgan fingerprint density at radius 3 is 1.58 bits per heavy atom. The van der Waals surface area contributed by atoms with Gasteiger partial charge in [0.2, 0.25) is 23.6 Å². The van der Waals surface area contributed by atoms with Crippen molar-refractivity contribution in [1.29, 1.82) is 0 Å². The standard InChI is InChI=1S/C32H43N5O8/c1-19(2)15-22(33)27(40)37-32(3,4)31(45)36-24(17-21-13-9-6-10-14-21)29(42)34-23(16-20-11-7-5-8-12-20)28(41)35-25(30(43)44)18-26(38)39/h5-14,19,22-25H,15-18,33H2,1-4H3,(H,34,42)(H,35,41)(H,36,45)(H,37,40)(H,38,39)(H,43,44)/t22-,23-,24-,25-/m0/s1. The summed E-state index contributed by atoms with van der Waals surface area (Å²) in [7, 11) is 0. The highest BCUT2D eigenvalue weighted by molar-refractivity contribution is 5.97. The minimum Gasteiger partial charge on any atom is -0.481 e. The Balaban J connectivity index is 2.34. The number of nitrogens with one attached hydrogen (secondary N) is 4. The van der Waals surface area contributed by atoms with Crippen LogP contribution in [0.4, 0.5) is 0 Å². The third-order valence-corrected chi connectivity index (χ3v) is 6.88. The quantitative estimate of drug-likeness (QED) is 0.132. The average molecular weight is 626 g/mol. The van der Waals surface area contributed by atoms with E-state index in [2.05, 4.69) is 21.3 Å². The van der Waals surface area contributed by atoms with Gasteiger partial charge in [-0.1, -0.05) is 74.5 Å². The fraction of sp³-hybridized carbons (Fsp3) is 0.438. The molecule has 45 heavy (non-hydrogen) atoms. The predicted molar refractivity (Wildman–Crippen MR) is 166 cm³/mol. The van der Waals surface area contributed by atoms with Crippen LogP contribution in [-0.2, 0) is 41.6 Å². The molecular weight excluding hydrogens is 582 g/mol. The van der Waals surface area contributed by atoms with Gasteiger partial charge in [-0.3, -0.25) is 24.0 Å². The molecule has 8 N–H and O–H groups in total. The number of nitrogens with two attached hydrogens (primary N) is 1. The molecule has 0 heterocycles. The minimum absolute atomic E-state index is 0.0196. The summed E-state index contributed by atoms with van der Waals surface area (Å²) >= 11 is 0. The van der Waals surface area contributed by atoms with Crippen molar-refractivity contribution in [2.45, 2.75) is 83.1 Å². The Labute approximate surface area is 262 Å². The first-order valence-electron chi connectivity index (χ1n) is 14.6. The average Bonchev–Trinajstić information content (AvgIpc) is 2.96. The maximum atomic E-state index is 13.7. The maximum Gasteiger partial charge on any atom is 0.326 e. The molecule has 4 amide bonds. The molecule has 0 aromatic heterocycles. The summed E-state index contributed by atoms with van der Waals surface area (Å²) in [6.45, 7) is 6.77. The van der Waals surface area contributed by atoms with Crippen LogP contribution in [0.3, 0.4) is 0 Å². The van der Waals surface area contributed by atoms with Crippen molar-refractivity contribution < 1.29 is 39.0 Å². The number of carboxylic acid groups (broad SMARTS) is 2. The molecule has 0 radical (unpaired) electrons. The lowest BCUT2D eigenvalue weighted by molar-refractivity contribution is -0.147. The summed E-state index contributed by atoms with van der Waals surface area (Å²) in [5, 5.41) is 28.6. The van der Waals surface area contributed by atoms with Crippen LogP contribution in [0.15, 0.2) is 60.7 Å². The number of carboxylic acids is 2. The molecule has 0 spiro atoms. The number of hydrogen-bond donors (Lipinski definition) is 7. The van der Waals surface area contributed by atoms with Crippen molar-refractivity contribution in [1.82, 2.24) is 21.3 Å². The molecule has 13 heteroatoms. The number of carbonyl (C=O) groups is 6. The molecule has 0 saturated carbocycles. The van der Waals surface area contributed by atoms with E-state index in [-0.39, 0.29) is 18.8 Å². The van der Waals surface area contributed by atoms with E-state index in [1.54, 1.807) is 60.7 Å². The van der Waals surface area contributed by atoms with Gasteiger partial charge in [0, 0.05) is 12.8 Å². The first kappa shape index (κ1) is 36.4. The molecule has 2 aromatic carbocycles. The Morgan fingerprint density at radius 2 is 1.16 bits per heavy atom. The first-order chi connectivity index (χ1) is 21.1. The molecule has 244 valence electrons. The molecule has 0 aliphatic rings. The second-order valence-corrected chi connectivity index (χ2v) is 11.8. The van der Waals surface area contributed by atoms with E-state index in [0.29, 0.717) is 17.5 Å². The van der Waals surface area contributed by atoms with Gasteiger partial charge in [0.15, 0.2) is 0 Å². The van der Waals surface area contributed by atoms with Gasteiger partial charge in [0.1, 0.15) is 23.7 Å². The summed E-state index contributed by atoms with van der Waals surface area (Å²) in [6.07, 6.45) is -0.505.